The van der Waals surface area contributed by atoms with E-state index in [0.29, 0.717) is 17.0 Å². The van der Waals surface area contributed by atoms with E-state index in [4.69, 9.17) is 0 Å². The van der Waals surface area contributed by atoms with Gasteiger partial charge < -0.3 is 5.32 Å². The molecular formula is C17H13BrF2N4OS. The van der Waals surface area contributed by atoms with Crippen molar-refractivity contribution in [2.24, 2.45) is 0 Å². The van der Waals surface area contributed by atoms with E-state index in [9.17, 15) is 13.6 Å². The van der Waals surface area contributed by atoms with Gasteiger partial charge in [-0.25, -0.2) is 13.8 Å². The lowest BCUT2D eigenvalue weighted by molar-refractivity contribution is -0.113. The second-order valence-electron chi connectivity index (χ2n) is 5.42. The van der Waals surface area contributed by atoms with Crippen molar-refractivity contribution < 1.29 is 13.6 Å². The third-order valence-electron chi connectivity index (χ3n) is 3.36. The Balaban J connectivity index is 1.62. The Kier molecular flexibility index (Phi) is 5.67. The highest BCUT2D eigenvalue weighted by Gasteiger charge is 2.14. The molecule has 0 unspecified atom stereocenters. The molecule has 0 bridgehead atoms. The van der Waals surface area contributed by atoms with Gasteiger partial charge in [-0.15, -0.1) is 5.10 Å². The van der Waals surface area contributed by atoms with Crippen molar-refractivity contribution in [3.63, 3.8) is 0 Å². The number of hydrogen-bond acceptors (Lipinski definition) is 4. The number of hydrogen-bond donors (Lipinski definition) is 2. The summed E-state index contributed by atoms with van der Waals surface area (Å²) in [6.07, 6.45) is 0. The molecule has 2 aromatic carbocycles. The predicted octanol–water partition coefficient (Wildman–Crippen LogP) is 4.55. The number of benzene rings is 2. The summed E-state index contributed by atoms with van der Waals surface area (Å²) < 4.78 is 26.9. The van der Waals surface area contributed by atoms with E-state index in [-0.39, 0.29) is 15.9 Å². The number of nitrogens with one attached hydrogen (secondary N) is 2. The average molecular weight is 439 g/mol. The molecule has 1 aromatic heterocycles. The smallest absolute Gasteiger partial charge is 0.234 e. The van der Waals surface area contributed by atoms with Crippen molar-refractivity contribution in [2.75, 3.05) is 11.1 Å². The zero-order valence-corrected chi connectivity index (χ0v) is 15.9. The largest absolute Gasteiger partial charge is 0.322 e. The van der Waals surface area contributed by atoms with Gasteiger partial charge in [-0.2, -0.15) is 0 Å². The first kappa shape index (κ1) is 18.5. The van der Waals surface area contributed by atoms with Crippen molar-refractivity contribution in [2.45, 2.75) is 12.1 Å². The normalized spacial score (nSPS) is 10.8. The van der Waals surface area contributed by atoms with Crippen LogP contribution in [0.15, 0.2) is 46.0 Å². The number of aromatic nitrogens is 3. The van der Waals surface area contributed by atoms with Crippen LogP contribution in [0.5, 0.6) is 0 Å². The summed E-state index contributed by atoms with van der Waals surface area (Å²) in [7, 11) is 0. The summed E-state index contributed by atoms with van der Waals surface area (Å²) in [4.78, 5) is 16.3. The van der Waals surface area contributed by atoms with E-state index in [0.717, 1.165) is 29.0 Å². The summed E-state index contributed by atoms with van der Waals surface area (Å²) >= 11 is 4.13. The van der Waals surface area contributed by atoms with E-state index >= 15 is 0 Å². The Bertz CT molecular complexity index is 940. The zero-order chi connectivity index (χ0) is 18.7. The SMILES string of the molecule is Cc1cccc(-c2nc(SCC(=O)Nc3c(F)cc(F)cc3Br)n[nH]2)c1. The van der Waals surface area contributed by atoms with E-state index in [1.54, 1.807) is 0 Å². The molecule has 0 saturated carbocycles. The van der Waals surface area contributed by atoms with E-state index < -0.39 is 17.5 Å². The topological polar surface area (TPSA) is 70.7 Å². The van der Waals surface area contributed by atoms with Gasteiger partial charge in [0.15, 0.2) is 11.6 Å². The molecule has 3 rings (SSSR count). The third-order valence-corrected chi connectivity index (χ3v) is 4.83. The molecule has 3 aromatic rings. The van der Waals surface area contributed by atoms with E-state index in [1.165, 1.54) is 0 Å². The minimum absolute atomic E-state index is 0.0195. The number of carbonyl (C=O) groups is 1. The summed E-state index contributed by atoms with van der Waals surface area (Å²) in [5, 5.41) is 9.69. The number of H-pyrrole nitrogens is 1. The van der Waals surface area contributed by atoms with Gasteiger partial charge in [-0.3, -0.25) is 9.89 Å². The number of amides is 1. The highest BCUT2D eigenvalue weighted by molar-refractivity contribution is 9.10. The van der Waals surface area contributed by atoms with Crippen LogP contribution < -0.4 is 5.32 Å². The Morgan fingerprint density at radius 2 is 2.12 bits per heavy atom. The summed E-state index contributed by atoms with van der Waals surface area (Å²) in [6.45, 7) is 1.98. The van der Waals surface area contributed by atoms with Crippen molar-refractivity contribution >= 4 is 39.3 Å². The molecule has 0 saturated heterocycles. The lowest BCUT2D eigenvalue weighted by atomic mass is 10.1. The molecule has 0 atom stereocenters. The molecule has 0 aliphatic carbocycles. The maximum absolute atomic E-state index is 13.7. The molecule has 26 heavy (non-hydrogen) atoms. The lowest BCUT2D eigenvalue weighted by Gasteiger charge is -2.08. The molecule has 9 heteroatoms. The first-order valence-corrected chi connectivity index (χ1v) is 9.27. The van der Waals surface area contributed by atoms with Crippen LogP contribution in [0, 0.1) is 18.6 Å². The molecule has 5 nitrogen and oxygen atoms in total. The van der Waals surface area contributed by atoms with Gasteiger partial charge in [0.25, 0.3) is 0 Å². The van der Waals surface area contributed by atoms with Crippen molar-refractivity contribution in [3.05, 3.63) is 58.1 Å². The predicted molar refractivity (Wildman–Crippen MR) is 100.0 cm³/mol. The Morgan fingerprint density at radius 3 is 2.85 bits per heavy atom. The maximum Gasteiger partial charge on any atom is 0.234 e. The van der Waals surface area contributed by atoms with Gasteiger partial charge in [0.05, 0.1) is 11.4 Å². The second kappa shape index (κ2) is 7.96. The maximum atomic E-state index is 13.7. The molecule has 0 aliphatic heterocycles. The van der Waals surface area contributed by atoms with E-state index in [1.807, 2.05) is 31.2 Å². The number of aromatic amines is 1. The van der Waals surface area contributed by atoms with Crippen LogP contribution in [0.3, 0.4) is 0 Å². The van der Waals surface area contributed by atoms with Crippen LogP contribution in [0.25, 0.3) is 11.4 Å². The highest BCUT2D eigenvalue weighted by Crippen LogP contribution is 2.27. The fraction of sp³-hybridized carbons (Fsp3) is 0.118. The Hall–Kier alpha value is -2.26. The average Bonchev–Trinajstić information content (AvgIpc) is 3.05. The number of thioether (sulfide) groups is 1. The van der Waals surface area contributed by atoms with Crippen LogP contribution in [0.1, 0.15) is 5.56 Å². The van der Waals surface area contributed by atoms with Crippen LogP contribution in [0.2, 0.25) is 0 Å². The van der Waals surface area contributed by atoms with Gasteiger partial charge in [0.2, 0.25) is 11.1 Å². The number of halogens is 3. The number of anilines is 1. The van der Waals surface area contributed by atoms with Gasteiger partial charge in [0, 0.05) is 16.1 Å². The molecule has 0 aliphatic rings. The van der Waals surface area contributed by atoms with Crippen molar-refractivity contribution in [1.29, 1.82) is 0 Å². The first-order chi connectivity index (χ1) is 12.4. The van der Waals surface area contributed by atoms with E-state index in [2.05, 4.69) is 36.4 Å². The van der Waals surface area contributed by atoms with Crippen molar-refractivity contribution in [3.8, 4) is 11.4 Å². The van der Waals surface area contributed by atoms with Gasteiger partial charge in [-0.1, -0.05) is 35.5 Å². The number of rotatable bonds is 5. The molecule has 134 valence electrons. The molecule has 0 fully saturated rings. The number of aryl methyl sites for hydroxylation is 1. The molecule has 1 heterocycles. The van der Waals surface area contributed by atoms with Crippen molar-refractivity contribution in [1.82, 2.24) is 15.2 Å². The van der Waals surface area contributed by atoms with Gasteiger partial charge in [-0.05, 0) is 35.0 Å². The number of nitrogens with zero attached hydrogens (tertiary/aromatic N) is 2. The Morgan fingerprint density at radius 1 is 1.31 bits per heavy atom. The molecule has 0 spiro atoms. The summed E-state index contributed by atoms with van der Waals surface area (Å²) in [6, 6.07) is 9.56. The molecular weight excluding hydrogens is 426 g/mol. The lowest BCUT2D eigenvalue weighted by Crippen LogP contribution is -2.15. The standard InChI is InChI=1S/C17H13BrF2N4OS/c1-9-3-2-4-10(5-9)16-22-17(24-23-16)26-8-14(25)21-15-12(18)6-11(19)7-13(15)20/h2-7H,8H2,1H3,(H,21,25)(H,22,23,24). The quantitative estimate of drug-likeness (QED) is 0.573. The molecule has 1 amide bonds. The van der Waals surface area contributed by atoms with Crippen LogP contribution in [-0.4, -0.2) is 26.8 Å². The second-order valence-corrected chi connectivity index (χ2v) is 7.21. The monoisotopic (exact) mass is 438 g/mol. The summed E-state index contributed by atoms with van der Waals surface area (Å²) in [5.74, 6) is -1.46. The van der Waals surface area contributed by atoms with Crippen LogP contribution in [0.4, 0.5) is 14.5 Å². The molecule has 2 N–H and O–H groups in total. The number of carbonyl (C=O) groups excluding carboxylic acids is 1. The minimum atomic E-state index is -0.852. The van der Waals surface area contributed by atoms with Gasteiger partial charge in [0.1, 0.15) is 5.82 Å². The first-order valence-electron chi connectivity index (χ1n) is 7.49. The fourth-order valence-electron chi connectivity index (χ4n) is 2.20. The third kappa shape index (κ3) is 4.47. The minimum Gasteiger partial charge on any atom is -0.322 e. The van der Waals surface area contributed by atoms with Gasteiger partial charge >= 0.3 is 0 Å². The molecule has 0 radical (unpaired) electrons. The highest BCUT2D eigenvalue weighted by atomic mass is 79.9. The fourth-order valence-corrected chi connectivity index (χ4v) is 3.31. The summed E-state index contributed by atoms with van der Waals surface area (Å²) in [5.41, 5.74) is 1.89. The zero-order valence-electron chi connectivity index (χ0n) is 13.5. The Labute approximate surface area is 160 Å². The van der Waals surface area contributed by atoms with Crippen LogP contribution in [-0.2, 0) is 4.79 Å². The van der Waals surface area contributed by atoms with Crippen LogP contribution >= 0.6 is 27.7 Å².